The number of hydrogen-bond acceptors (Lipinski definition) is 3. The lowest BCUT2D eigenvalue weighted by Gasteiger charge is -2.38. The summed E-state index contributed by atoms with van der Waals surface area (Å²) in [6.07, 6.45) is -1.56. The van der Waals surface area contributed by atoms with Gasteiger partial charge in [0, 0.05) is 25.3 Å². The summed E-state index contributed by atoms with van der Waals surface area (Å²) in [4.78, 5) is 13.7. The number of carbonyl (C=O) groups excluding carboxylic acids is 1. The van der Waals surface area contributed by atoms with E-state index in [0.29, 0.717) is 19.5 Å². The second-order valence-electron chi connectivity index (χ2n) is 5.73. The van der Waals surface area contributed by atoms with Crippen LogP contribution >= 0.6 is 11.8 Å². The highest BCUT2D eigenvalue weighted by Gasteiger charge is 2.37. The number of alkyl halides is 3. The number of thioether (sulfide) groups is 1. The molecule has 7 heteroatoms. The summed E-state index contributed by atoms with van der Waals surface area (Å²) < 4.78 is 38.4. The Morgan fingerprint density at radius 1 is 1.35 bits per heavy atom. The molecule has 0 atom stereocenters. The Labute approximate surface area is 137 Å². The second kappa shape index (κ2) is 7.13. The maximum Gasteiger partial charge on any atom is 0.416 e. The minimum atomic E-state index is -4.43. The summed E-state index contributed by atoms with van der Waals surface area (Å²) in [5, 5.41) is 10.7. The van der Waals surface area contributed by atoms with Crippen LogP contribution in [-0.2, 0) is 16.6 Å². The largest absolute Gasteiger partial charge is 0.416 e. The van der Waals surface area contributed by atoms with Gasteiger partial charge in [-0.1, -0.05) is 12.1 Å². The lowest BCUT2D eigenvalue weighted by atomic mass is 9.83. The SMILES string of the molecule is CSCCC(=O)N1CCC(O)(c2cccc(C(F)(F)F)c2)CC1. The number of piperidine rings is 1. The first kappa shape index (κ1) is 18.1. The van der Waals surface area contributed by atoms with E-state index < -0.39 is 17.3 Å². The number of benzene rings is 1. The average molecular weight is 347 g/mol. The van der Waals surface area contributed by atoms with Gasteiger partial charge >= 0.3 is 6.18 Å². The smallest absolute Gasteiger partial charge is 0.385 e. The molecule has 0 spiro atoms. The molecule has 1 aromatic carbocycles. The predicted molar refractivity (Wildman–Crippen MR) is 84.2 cm³/mol. The Morgan fingerprint density at radius 2 is 2.00 bits per heavy atom. The first-order valence-electron chi connectivity index (χ1n) is 7.43. The number of aliphatic hydroxyl groups is 1. The molecule has 128 valence electrons. The third-order valence-electron chi connectivity index (χ3n) is 4.19. The third kappa shape index (κ3) is 4.41. The Hall–Kier alpha value is -1.21. The van der Waals surface area contributed by atoms with Gasteiger partial charge in [-0.2, -0.15) is 24.9 Å². The molecule has 0 aliphatic carbocycles. The lowest BCUT2D eigenvalue weighted by Crippen LogP contribution is -2.45. The fourth-order valence-corrected chi connectivity index (χ4v) is 3.13. The van der Waals surface area contributed by atoms with Gasteiger partial charge in [0.25, 0.3) is 0 Å². The van der Waals surface area contributed by atoms with Crippen LogP contribution in [-0.4, -0.2) is 41.0 Å². The monoisotopic (exact) mass is 347 g/mol. The highest BCUT2D eigenvalue weighted by Crippen LogP contribution is 2.36. The second-order valence-corrected chi connectivity index (χ2v) is 6.72. The fourth-order valence-electron chi connectivity index (χ4n) is 2.75. The molecule has 0 saturated carbocycles. The maximum atomic E-state index is 12.8. The zero-order chi connectivity index (χ0) is 17.1. The van der Waals surface area contributed by atoms with Gasteiger partial charge in [0.05, 0.1) is 11.2 Å². The van der Waals surface area contributed by atoms with E-state index in [9.17, 15) is 23.1 Å². The molecule has 0 aromatic heterocycles. The van der Waals surface area contributed by atoms with Gasteiger partial charge in [-0.3, -0.25) is 4.79 Å². The van der Waals surface area contributed by atoms with Gasteiger partial charge < -0.3 is 10.0 Å². The van der Waals surface area contributed by atoms with Gasteiger partial charge in [0.15, 0.2) is 0 Å². The molecule has 3 nitrogen and oxygen atoms in total. The molecule has 1 aliphatic heterocycles. The Kier molecular flexibility index (Phi) is 5.62. The molecule has 1 aromatic rings. The molecular weight excluding hydrogens is 327 g/mol. The average Bonchev–Trinajstić information content (AvgIpc) is 2.52. The summed E-state index contributed by atoms with van der Waals surface area (Å²) in [5.41, 5.74) is -1.80. The summed E-state index contributed by atoms with van der Waals surface area (Å²) in [6, 6.07) is 4.83. The number of hydrogen-bond donors (Lipinski definition) is 1. The molecule has 0 unspecified atom stereocenters. The number of carbonyl (C=O) groups is 1. The summed E-state index contributed by atoms with van der Waals surface area (Å²) in [7, 11) is 0. The van der Waals surface area contributed by atoms with Crippen molar-refractivity contribution in [2.24, 2.45) is 0 Å². The van der Waals surface area contributed by atoms with Crippen LogP contribution in [0.5, 0.6) is 0 Å². The molecule has 23 heavy (non-hydrogen) atoms. The molecule has 1 amide bonds. The normalized spacial score (nSPS) is 18.0. The number of halogens is 3. The first-order chi connectivity index (χ1) is 10.8. The van der Waals surface area contributed by atoms with E-state index in [-0.39, 0.29) is 24.3 Å². The Bertz CT molecular complexity index is 555. The number of amides is 1. The third-order valence-corrected chi connectivity index (χ3v) is 4.80. The Balaban J connectivity index is 2.06. The molecule has 1 saturated heterocycles. The minimum Gasteiger partial charge on any atom is -0.385 e. The molecular formula is C16H20F3NO2S. The van der Waals surface area contributed by atoms with Crippen LogP contribution in [0.3, 0.4) is 0 Å². The van der Waals surface area contributed by atoms with Crippen molar-refractivity contribution < 1.29 is 23.1 Å². The van der Waals surface area contributed by atoms with E-state index in [1.165, 1.54) is 12.1 Å². The van der Waals surface area contributed by atoms with Crippen LogP contribution in [0.2, 0.25) is 0 Å². The number of nitrogens with zero attached hydrogens (tertiary/aromatic N) is 1. The van der Waals surface area contributed by atoms with E-state index in [1.54, 1.807) is 16.7 Å². The topological polar surface area (TPSA) is 40.5 Å². The zero-order valence-electron chi connectivity index (χ0n) is 12.9. The van der Waals surface area contributed by atoms with E-state index in [1.807, 2.05) is 6.26 Å². The van der Waals surface area contributed by atoms with E-state index in [4.69, 9.17) is 0 Å². The molecule has 1 N–H and O–H groups in total. The summed E-state index contributed by atoms with van der Waals surface area (Å²) >= 11 is 1.59. The number of rotatable bonds is 4. The van der Waals surface area contributed by atoms with E-state index >= 15 is 0 Å². The van der Waals surface area contributed by atoms with Crippen molar-refractivity contribution in [3.05, 3.63) is 35.4 Å². The quantitative estimate of drug-likeness (QED) is 0.909. The van der Waals surface area contributed by atoms with Crippen LogP contribution in [0.15, 0.2) is 24.3 Å². The van der Waals surface area contributed by atoms with Crippen LogP contribution in [0, 0.1) is 0 Å². The Morgan fingerprint density at radius 3 is 2.57 bits per heavy atom. The van der Waals surface area contributed by atoms with Crippen molar-refractivity contribution in [3.8, 4) is 0 Å². The van der Waals surface area contributed by atoms with Gasteiger partial charge in [0.2, 0.25) is 5.91 Å². The predicted octanol–water partition coefficient (Wildman–Crippen LogP) is 3.27. The molecule has 2 rings (SSSR count). The van der Waals surface area contributed by atoms with E-state index in [2.05, 4.69) is 0 Å². The van der Waals surface area contributed by atoms with Crippen LogP contribution < -0.4 is 0 Å². The molecule has 0 radical (unpaired) electrons. The fraction of sp³-hybridized carbons (Fsp3) is 0.562. The van der Waals surface area contributed by atoms with E-state index in [0.717, 1.165) is 17.9 Å². The van der Waals surface area contributed by atoms with Gasteiger partial charge in [0.1, 0.15) is 0 Å². The van der Waals surface area contributed by atoms with Crippen LogP contribution in [0.25, 0.3) is 0 Å². The van der Waals surface area contributed by atoms with Crippen molar-refractivity contribution in [2.75, 3.05) is 25.1 Å². The van der Waals surface area contributed by atoms with Gasteiger partial charge in [-0.15, -0.1) is 0 Å². The van der Waals surface area contributed by atoms with Crippen molar-refractivity contribution in [1.29, 1.82) is 0 Å². The summed E-state index contributed by atoms with van der Waals surface area (Å²) in [6.45, 7) is 0.722. The number of likely N-dealkylation sites (tertiary alicyclic amines) is 1. The standard InChI is InChI=1S/C16H20F3NO2S/c1-23-10-5-14(21)20-8-6-15(22,7-9-20)12-3-2-4-13(11-12)16(17,18)19/h2-4,11,22H,5-10H2,1H3. The molecule has 1 aliphatic rings. The highest BCUT2D eigenvalue weighted by molar-refractivity contribution is 7.98. The first-order valence-corrected chi connectivity index (χ1v) is 8.82. The zero-order valence-corrected chi connectivity index (χ0v) is 13.7. The van der Waals surface area contributed by atoms with Crippen LogP contribution in [0.1, 0.15) is 30.4 Å². The molecule has 1 fully saturated rings. The summed E-state index contributed by atoms with van der Waals surface area (Å²) in [5.74, 6) is 0.776. The molecule has 0 bridgehead atoms. The lowest BCUT2D eigenvalue weighted by molar-refractivity contribution is -0.137. The minimum absolute atomic E-state index is 0.0328. The van der Waals surface area contributed by atoms with Crippen molar-refractivity contribution in [1.82, 2.24) is 4.90 Å². The van der Waals surface area contributed by atoms with Crippen LogP contribution in [0.4, 0.5) is 13.2 Å². The van der Waals surface area contributed by atoms with Crippen molar-refractivity contribution in [2.45, 2.75) is 31.0 Å². The van der Waals surface area contributed by atoms with Gasteiger partial charge in [-0.05, 0) is 36.8 Å². The van der Waals surface area contributed by atoms with Crippen molar-refractivity contribution in [3.63, 3.8) is 0 Å². The molecule has 1 heterocycles. The van der Waals surface area contributed by atoms with Gasteiger partial charge in [-0.25, -0.2) is 0 Å². The highest BCUT2D eigenvalue weighted by atomic mass is 32.2. The maximum absolute atomic E-state index is 12.8. The van der Waals surface area contributed by atoms with Crippen molar-refractivity contribution >= 4 is 17.7 Å².